The van der Waals surface area contributed by atoms with Gasteiger partial charge in [-0.25, -0.2) is 0 Å². The summed E-state index contributed by atoms with van der Waals surface area (Å²) in [7, 11) is 0. The van der Waals surface area contributed by atoms with Crippen molar-refractivity contribution in [3.05, 3.63) is 0 Å². The van der Waals surface area contributed by atoms with Crippen LogP contribution in [-0.4, -0.2) is 106 Å². The van der Waals surface area contributed by atoms with Crippen molar-refractivity contribution in [2.24, 2.45) is 0 Å². The van der Waals surface area contributed by atoms with Crippen molar-refractivity contribution in [2.75, 3.05) is 33.0 Å². The van der Waals surface area contributed by atoms with Crippen molar-refractivity contribution in [3.63, 3.8) is 0 Å². The highest BCUT2D eigenvalue weighted by Crippen LogP contribution is 2.17. The number of hydrogen-bond acceptors (Lipinski definition) is 12. The van der Waals surface area contributed by atoms with Gasteiger partial charge in [0.15, 0.2) is 0 Å². The van der Waals surface area contributed by atoms with Crippen molar-refractivity contribution < 1.29 is 45.2 Å². The molecule has 0 heterocycles. The molecule has 15 nitrogen and oxygen atoms in total. The first-order valence-corrected chi connectivity index (χ1v) is 9.01. The summed E-state index contributed by atoms with van der Waals surface area (Å²) in [6.07, 6.45) is -5.06. The van der Waals surface area contributed by atoms with Crippen LogP contribution in [0.4, 0.5) is 0 Å². The van der Waals surface area contributed by atoms with Gasteiger partial charge in [0.25, 0.3) is 0 Å². The molecule has 0 aromatic rings. The second-order valence-electron chi connectivity index (χ2n) is 6.03. The summed E-state index contributed by atoms with van der Waals surface area (Å²) >= 11 is 0. The Kier molecular flexibility index (Phi) is 15.7. The highest BCUT2D eigenvalue weighted by molar-refractivity contribution is 5.78. The number of nitrogens with one attached hydrogen (secondary N) is 6. The molecule has 0 bridgehead atoms. The third kappa shape index (κ3) is 11.3. The molecule has 176 valence electrons. The Morgan fingerprint density at radius 3 is 1.43 bits per heavy atom. The van der Waals surface area contributed by atoms with E-state index in [4.69, 9.17) is 46.1 Å². The summed E-state index contributed by atoms with van der Waals surface area (Å²) in [5.74, 6) is -0.734. The largest absolute Gasteiger partial charge is 0.394 e. The molecule has 4 atom stereocenters. The molecule has 0 fully saturated rings. The number of amidine groups is 3. The summed E-state index contributed by atoms with van der Waals surface area (Å²) in [6, 6.07) is 0. The second kappa shape index (κ2) is 16.8. The molecule has 0 aliphatic carbocycles. The number of hydroxylamine groups is 3. The van der Waals surface area contributed by atoms with Gasteiger partial charge in [-0.15, -0.1) is 0 Å². The SMILES string of the molecule is N=C(CCOC(CO)C(OCCC(=N)NO)C(OCCC(=N)NO)C(O)CO)NO. The molecular weight excluding hydrogens is 408 g/mol. The number of aliphatic hydroxyl groups excluding tert-OH is 3. The number of ether oxygens (including phenoxy) is 3. The lowest BCUT2D eigenvalue weighted by atomic mass is 10.0. The Hall–Kier alpha value is -1.95. The van der Waals surface area contributed by atoms with Gasteiger partial charge in [-0.05, 0) is 0 Å². The highest BCUT2D eigenvalue weighted by atomic mass is 16.6. The van der Waals surface area contributed by atoms with Gasteiger partial charge in [-0.1, -0.05) is 0 Å². The Bertz CT molecular complexity index is 513. The first-order chi connectivity index (χ1) is 14.3. The summed E-state index contributed by atoms with van der Waals surface area (Å²) in [4.78, 5) is 0. The minimum Gasteiger partial charge on any atom is -0.394 e. The van der Waals surface area contributed by atoms with E-state index < -0.39 is 37.6 Å². The van der Waals surface area contributed by atoms with E-state index in [1.807, 2.05) is 0 Å². The summed E-state index contributed by atoms with van der Waals surface area (Å²) in [6.45, 7) is -1.71. The second-order valence-corrected chi connectivity index (χ2v) is 6.03. The Balaban J connectivity index is 5.31. The smallest absolute Gasteiger partial charge is 0.120 e. The third-order valence-corrected chi connectivity index (χ3v) is 3.85. The molecule has 0 aliphatic rings. The molecule has 0 aliphatic heterocycles. The number of rotatable bonds is 17. The van der Waals surface area contributed by atoms with E-state index in [0.717, 1.165) is 0 Å². The van der Waals surface area contributed by atoms with Crippen LogP contribution in [0.25, 0.3) is 0 Å². The minimum absolute atomic E-state index is 0.0216. The fourth-order valence-electron chi connectivity index (χ4n) is 2.27. The van der Waals surface area contributed by atoms with Gasteiger partial charge in [-0.3, -0.25) is 48.3 Å². The molecule has 0 spiro atoms. The average molecular weight is 440 g/mol. The predicted molar refractivity (Wildman–Crippen MR) is 101 cm³/mol. The average Bonchev–Trinajstić information content (AvgIpc) is 2.76. The first kappa shape index (κ1) is 28.1. The summed E-state index contributed by atoms with van der Waals surface area (Å²) in [5.41, 5.74) is 4.93. The lowest BCUT2D eigenvalue weighted by molar-refractivity contribution is -0.179. The molecular formula is C15H32N6O9. The normalized spacial score (nSPS) is 15.0. The van der Waals surface area contributed by atoms with Crippen molar-refractivity contribution in [1.29, 1.82) is 16.2 Å². The maximum absolute atomic E-state index is 10.2. The summed E-state index contributed by atoms with van der Waals surface area (Å²) in [5, 5.41) is 77.3. The molecule has 12 N–H and O–H groups in total. The van der Waals surface area contributed by atoms with Gasteiger partial charge in [0.1, 0.15) is 41.9 Å². The highest BCUT2D eigenvalue weighted by Gasteiger charge is 2.36. The summed E-state index contributed by atoms with van der Waals surface area (Å²) < 4.78 is 16.6. The van der Waals surface area contributed by atoms with Crippen LogP contribution in [0.15, 0.2) is 0 Å². The van der Waals surface area contributed by atoms with Gasteiger partial charge in [0, 0.05) is 19.3 Å². The zero-order chi connectivity index (χ0) is 22.9. The van der Waals surface area contributed by atoms with Crippen molar-refractivity contribution >= 4 is 17.5 Å². The topological polar surface area (TPSA) is 257 Å². The van der Waals surface area contributed by atoms with Crippen molar-refractivity contribution in [3.8, 4) is 0 Å². The van der Waals surface area contributed by atoms with Crippen LogP contribution in [0.1, 0.15) is 19.3 Å². The lowest BCUT2D eigenvalue weighted by Crippen LogP contribution is -2.51. The first-order valence-electron chi connectivity index (χ1n) is 9.01. The Morgan fingerprint density at radius 1 is 0.667 bits per heavy atom. The maximum atomic E-state index is 10.2. The van der Waals surface area contributed by atoms with E-state index in [1.165, 1.54) is 0 Å². The molecule has 0 aromatic carbocycles. The van der Waals surface area contributed by atoms with Crippen LogP contribution in [0, 0.1) is 16.2 Å². The quantitative estimate of drug-likeness (QED) is 0.0638. The van der Waals surface area contributed by atoms with Crippen LogP contribution in [0.2, 0.25) is 0 Å². The number of aliphatic hydroxyl groups is 3. The van der Waals surface area contributed by atoms with E-state index in [-0.39, 0.29) is 56.6 Å². The molecule has 0 saturated carbocycles. The zero-order valence-electron chi connectivity index (χ0n) is 16.4. The van der Waals surface area contributed by atoms with Gasteiger partial charge >= 0.3 is 0 Å². The van der Waals surface area contributed by atoms with E-state index >= 15 is 0 Å². The molecule has 0 saturated heterocycles. The van der Waals surface area contributed by atoms with Gasteiger partial charge in [0.2, 0.25) is 0 Å². The molecule has 0 amide bonds. The van der Waals surface area contributed by atoms with Crippen molar-refractivity contribution in [2.45, 2.75) is 43.7 Å². The number of hydrogen-bond donors (Lipinski definition) is 12. The van der Waals surface area contributed by atoms with E-state index in [0.29, 0.717) is 0 Å². The lowest BCUT2D eigenvalue weighted by Gasteiger charge is -2.35. The Morgan fingerprint density at radius 2 is 1.07 bits per heavy atom. The maximum Gasteiger partial charge on any atom is 0.120 e. The third-order valence-electron chi connectivity index (χ3n) is 3.85. The van der Waals surface area contributed by atoms with Gasteiger partial charge < -0.3 is 29.5 Å². The molecule has 30 heavy (non-hydrogen) atoms. The molecule has 4 unspecified atom stereocenters. The molecule has 0 radical (unpaired) electrons. The van der Waals surface area contributed by atoms with E-state index in [9.17, 15) is 15.3 Å². The van der Waals surface area contributed by atoms with Crippen LogP contribution in [-0.2, 0) is 14.2 Å². The van der Waals surface area contributed by atoms with Crippen LogP contribution < -0.4 is 16.4 Å². The molecule has 15 heteroatoms. The fourth-order valence-corrected chi connectivity index (χ4v) is 2.27. The monoisotopic (exact) mass is 440 g/mol. The van der Waals surface area contributed by atoms with Gasteiger partial charge in [0.05, 0.1) is 33.0 Å². The fraction of sp³-hybridized carbons (Fsp3) is 0.800. The standard InChI is InChI=1S/C15H32N6O9/c16-11(19-25)1-4-28-10(8-23)15(30-6-3-13(18)21-27)14(9(24)7-22)29-5-2-12(17)20-26/h9-10,14-15,22-27H,1-8H2,(H2,16,19)(H2,17,20)(H2,18,21). The molecule has 0 rings (SSSR count). The van der Waals surface area contributed by atoms with Crippen molar-refractivity contribution in [1.82, 2.24) is 16.4 Å². The van der Waals surface area contributed by atoms with Crippen LogP contribution in [0.3, 0.4) is 0 Å². The Labute approximate surface area is 173 Å². The van der Waals surface area contributed by atoms with Crippen LogP contribution >= 0.6 is 0 Å². The van der Waals surface area contributed by atoms with E-state index in [2.05, 4.69) is 0 Å². The zero-order valence-corrected chi connectivity index (χ0v) is 16.4. The molecule has 0 aromatic heterocycles. The minimum atomic E-state index is -1.46. The van der Waals surface area contributed by atoms with Gasteiger partial charge in [-0.2, -0.15) is 0 Å². The van der Waals surface area contributed by atoms with Crippen LogP contribution in [0.5, 0.6) is 0 Å². The van der Waals surface area contributed by atoms with E-state index in [1.54, 1.807) is 16.4 Å². The predicted octanol–water partition coefficient (Wildman–Crippen LogP) is -2.47.